The number of oxazole rings is 1. The van der Waals surface area contributed by atoms with Gasteiger partial charge >= 0.3 is 0 Å². The minimum Gasteiger partial charge on any atom is -0.436 e. The molecular formula is C28H34N8O2. The number of methoxy groups -OCH3 is 1. The average Bonchev–Trinajstić information content (AvgIpc) is 3.51. The van der Waals surface area contributed by atoms with E-state index in [2.05, 4.69) is 27.9 Å². The molecule has 38 heavy (non-hydrogen) atoms. The van der Waals surface area contributed by atoms with Crippen LogP contribution in [-0.2, 0) is 4.74 Å². The Bertz CT molecular complexity index is 1570. The Morgan fingerprint density at radius 3 is 2.68 bits per heavy atom. The molecule has 0 bridgehead atoms. The molecule has 0 amide bonds. The number of nitrogens with zero attached hydrogens (tertiary/aromatic N) is 6. The molecule has 6 rings (SSSR count). The first-order chi connectivity index (χ1) is 18.0. The van der Waals surface area contributed by atoms with E-state index in [4.69, 9.17) is 25.0 Å². The van der Waals surface area contributed by atoms with Gasteiger partial charge < -0.3 is 21.0 Å². The Labute approximate surface area is 221 Å². The molecule has 5 aromatic rings. The van der Waals surface area contributed by atoms with Gasteiger partial charge in [-0.15, -0.1) is 0 Å². The number of piperidine rings is 1. The number of anilines is 1. The van der Waals surface area contributed by atoms with Gasteiger partial charge in [-0.05, 0) is 62.6 Å². The smallest absolute Gasteiger partial charge is 0.227 e. The summed E-state index contributed by atoms with van der Waals surface area (Å²) < 4.78 is 13.4. The van der Waals surface area contributed by atoms with Crippen LogP contribution in [0.15, 0.2) is 47.1 Å². The highest BCUT2D eigenvalue weighted by Crippen LogP contribution is 2.35. The zero-order valence-corrected chi connectivity index (χ0v) is 22.1. The van der Waals surface area contributed by atoms with Crippen molar-refractivity contribution >= 4 is 28.0 Å². The van der Waals surface area contributed by atoms with Gasteiger partial charge in [-0.3, -0.25) is 4.90 Å². The lowest BCUT2D eigenvalue weighted by atomic mass is 10.1. The molecule has 1 aliphatic heterocycles. The quantitative estimate of drug-likeness (QED) is 0.322. The van der Waals surface area contributed by atoms with E-state index in [1.165, 1.54) is 11.9 Å². The number of benzene rings is 2. The lowest BCUT2D eigenvalue weighted by Crippen LogP contribution is -2.38. The summed E-state index contributed by atoms with van der Waals surface area (Å²) >= 11 is 0. The third-order valence-corrected chi connectivity index (χ3v) is 7.18. The van der Waals surface area contributed by atoms with Crippen LogP contribution in [0, 0.1) is 13.8 Å². The van der Waals surface area contributed by atoms with Crippen LogP contribution in [0.25, 0.3) is 44.8 Å². The maximum atomic E-state index is 6.36. The first-order valence-corrected chi connectivity index (χ1v) is 12.7. The second-order valence-corrected chi connectivity index (χ2v) is 9.87. The molecule has 0 radical (unpaired) electrons. The number of ether oxygens (including phenoxy) is 1. The number of nitrogen functional groups attached to an aromatic ring is 1. The molecule has 1 fully saturated rings. The second-order valence-electron chi connectivity index (χ2n) is 9.87. The predicted octanol–water partition coefficient (Wildman–Crippen LogP) is 4.95. The van der Waals surface area contributed by atoms with Crippen molar-refractivity contribution in [2.24, 2.45) is 0 Å². The van der Waals surface area contributed by atoms with Gasteiger partial charge in [0.2, 0.25) is 5.89 Å². The summed E-state index contributed by atoms with van der Waals surface area (Å²) in [5.74, 6) is 1.04. The molecule has 0 saturated carbocycles. The highest BCUT2D eigenvalue weighted by atomic mass is 16.5. The summed E-state index contributed by atoms with van der Waals surface area (Å²) in [7, 11) is 1.74. The summed E-state index contributed by atoms with van der Waals surface area (Å²) in [4.78, 5) is 16.0. The minimum absolute atomic E-state index is 0. The summed E-state index contributed by atoms with van der Waals surface area (Å²) in [6, 6.07) is 12.5. The van der Waals surface area contributed by atoms with Crippen molar-refractivity contribution in [3.63, 3.8) is 0 Å². The van der Waals surface area contributed by atoms with Crippen LogP contribution in [0.1, 0.15) is 30.0 Å². The lowest BCUT2D eigenvalue weighted by molar-refractivity contribution is 0.114. The molecule has 0 spiro atoms. The molecule has 1 unspecified atom stereocenters. The molecule has 1 saturated heterocycles. The van der Waals surface area contributed by atoms with Gasteiger partial charge in [0.15, 0.2) is 11.2 Å². The van der Waals surface area contributed by atoms with Crippen LogP contribution in [0.2, 0.25) is 0 Å². The molecule has 4 heterocycles. The standard InChI is InChI=1S/C28H31N7O2.H3N/c1-17-13-18(2)25-22(14-17)32-28(37-25)20-8-6-19(7-9-20)24-23-26(29)30-16-31-27(23)35(33-24)21-5-4-10-34(15-21)11-12-36-3;/h6-9,13-14,16,21H,4-5,10-12,15H2,1-3H3,(H2,29,30,31);1H3. The third-order valence-electron chi connectivity index (χ3n) is 7.18. The van der Waals surface area contributed by atoms with Crippen molar-refractivity contribution in [2.75, 3.05) is 39.1 Å². The Balaban J connectivity index is 0.00000294. The fourth-order valence-corrected chi connectivity index (χ4v) is 5.38. The van der Waals surface area contributed by atoms with Crippen molar-refractivity contribution in [1.29, 1.82) is 0 Å². The van der Waals surface area contributed by atoms with Gasteiger partial charge in [-0.1, -0.05) is 18.2 Å². The van der Waals surface area contributed by atoms with Gasteiger partial charge in [0.1, 0.15) is 23.4 Å². The number of nitrogens with two attached hydrogens (primary N) is 1. The molecule has 1 atom stereocenters. The Kier molecular flexibility index (Phi) is 7.11. The minimum atomic E-state index is 0. The van der Waals surface area contributed by atoms with Crippen LogP contribution < -0.4 is 11.9 Å². The lowest BCUT2D eigenvalue weighted by Gasteiger charge is -2.32. The zero-order valence-electron chi connectivity index (χ0n) is 22.1. The normalized spacial score (nSPS) is 16.2. The van der Waals surface area contributed by atoms with Crippen LogP contribution >= 0.6 is 0 Å². The van der Waals surface area contributed by atoms with Crippen molar-refractivity contribution in [3.05, 3.63) is 53.9 Å². The van der Waals surface area contributed by atoms with E-state index >= 15 is 0 Å². The first kappa shape index (κ1) is 25.8. The van der Waals surface area contributed by atoms with Gasteiger partial charge in [0.05, 0.1) is 18.0 Å². The van der Waals surface area contributed by atoms with Crippen molar-refractivity contribution < 1.29 is 9.15 Å². The molecule has 10 nitrogen and oxygen atoms in total. The van der Waals surface area contributed by atoms with E-state index in [-0.39, 0.29) is 12.2 Å². The molecule has 0 aliphatic carbocycles. The van der Waals surface area contributed by atoms with Crippen LogP contribution in [-0.4, -0.2) is 63.0 Å². The Morgan fingerprint density at radius 1 is 1.11 bits per heavy atom. The van der Waals surface area contributed by atoms with E-state index in [0.717, 1.165) is 83.6 Å². The third kappa shape index (κ3) is 4.62. The summed E-state index contributed by atoms with van der Waals surface area (Å²) in [5.41, 5.74) is 13.7. The monoisotopic (exact) mass is 514 g/mol. The summed E-state index contributed by atoms with van der Waals surface area (Å²) in [6.07, 6.45) is 3.66. The van der Waals surface area contributed by atoms with E-state index in [1.54, 1.807) is 7.11 Å². The largest absolute Gasteiger partial charge is 0.436 e. The van der Waals surface area contributed by atoms with Gasteiger partial charge in [-0.25, -0.2) is 19.6 Å². The van der Waals surface area contributed by atoms with Gasteiger partial charge in [0.25, 0.3) is 0 Å². The Morgan fingerprint density at radius 2 is 1.89 bits per heavy atom. The molecule has 5 N–H and O–H groups in total. The van der Waals surface area contributed by atoms with Gasteiger partial charge in [-0.2, -0.15) is 5.10 Å². The number of hydrogen-bond acceptors (Lipinski definition) is 9. The number of rotatable bonds is 6. The first-order valence-electron chi connectivity index (χ1n) is 12.7. The zero-order chi connectivity index (χ0) is 25.5. The second kappa shape index (κ2) is 10.5. The SMILES string of the molecule is COCCN1CCCC(n2nc(-c3ccc(-c4nc5cc(C)cc(C)c5o4)cc3)c3c(N)ncnc32)C1.N. The molecule has 1 aliphatic rings. The fourth-order valence-electron chi connectivity index (χ4n) is 5.38. The molecule has 10 heteroatoms. The average molecular weight is 515 g/mol. The maximum absolute atomic E-state index is 6.36. The molecular weight excluding hydrogens is 480 g/mol. The number of aryl methyl sites for hydroxylation is 2. The van der Waals surface area contributed by atoms with E-state index in [9.17, 15) is 0 Å². The highest BCUT2D eigenvalue weighted by Gasteiger charge is 2.26. The van der Waals surface area contributed by atoms with Crippen LogP contribution in [0.3, 0.4) is 0 Å². The Hall–Kier alpha value is -3.86. The maximum Gasteiger partial charge on any atom is 0.227 e. The van der Waals surface area contributed by atoms with Crippen molar-refractivity contribution in [2.45, 2.75) is 32.7 Å². The molecule has 198 valence electrons. The number of hydrogen-bond donors (Lipinski definition) is 2. The molecule has 2 aromatic carbocycles. The predicted molar refractivity (Wildman–Crippen MR) is 149 cm³/mol. The van der Waals surface area contributed by atoms with Crippen LogP contribution in [0.4, 0.5) is 5.82 Å². The number of fused-ring (bicyclic) bond motifs is 2. The van der Waals surface area contributed by atoms with E-state index < -0.39 is 0 Å². The van der Waals surface area contributed by atoms with E-state index in [0.29, 0.717) is 11.7 Å². The summed E-state index contributed by atoms with van der Waals surface area (Å²) in [5, 5.41) is 5.84. The van der Waals surface area contributed by atoms with E-state index in [1.807, 2.05) is 41.9 Å². The highest BCUT2D eigenvalue weighted by molar-refractivity contribution is 5.98. The fraction of sp³-hybridized carbons (Fsp3) is 0.357. The number of likely N-dealkylation sites (tertiary alicyclic amines) is 1. The van der Waals surface area contributed by atoms with Gasteiger partial charge in [0, 0.05) is 31.3 Å². The van der Waals surface area contributed by atoms with Crippen molar-refractivity contribution in [1.82, 2.24) is 35.8 Å². The number of aromatic nitrogens is 5. The summed E-state index contributed by atoms with van der Waals surface area (Å²) in [6.45, 7) is 7.72. The van der Waals surface area contributed by atoms with Crippen molar-refractivity contribution in [3.8, 4) is 22.7 Å². The topological polar surface area (TPSA) is 143 Å². The van der Waals surface area contributed by atoms with Crippen LogP contribution in [0.5, 0.6) is 0 Å². The molecule has 3 aromatic heterocycles.